The molecular weight excluding hydrogens is 282 g/mol. The van der Waals surface area contributed by atoms with E-state index in [-0.39, 0.29) is 6.61 Å². The van der Waals surface area contributed by atoms with Crippen molar-refractivity contribution in [1.29, 1.82) is 0 Å². The SMILES string of the molecule is CSCCc1nc(C2CCc3ccccc32)n(CCO)n1. The molecule has 0 spiro atoms. The fraction of sp³-hybridized carbons (Fsp3) is 0.500. The van der Waals surface area contributed by atoms with Crippen molar-refractivity contribution in [2.45, 2.75) is 31.7 Å². The first kappa shape index (κ1) is 14.6. The summed E-state index contributed by atoms with van der Waals surface area (Å²) in [4.78, 5) is 4.77. The smallest absolute Gasteiger partial charge is 0.151 e. The van der Waals surface area contributed by atoms with Crippen LogP contribution < -0.4 is 0 Å². The molecule has 2 aromatic rings. The van der Waals surface area contributed by atoms with Crippen LogP contribution in [0.15, 0.2) is 24.3 Å². The van der Waals surface area contributed by atoms with Gasteiger partial charge in [0.15, 0.2) is 5.82 Å². The summed E-state index contributed by atoms with van der Waals surface area (Å²) in [6.07, 6.45) is 5.18. The van der Waals surface area contributed by atoms with E-state index in [0.29, 0.717) is 12.5 Å². The van der Waals surface area contributed by atoms with E-state index >= 15 is 0 Å². The Morgan fingerprint density at radius 2 is 2.24 bits per heavy atom. The van der Waals surface area contributed by atoms with Gasteiger partial charge in [-0.25, -0.2) is 9.67 Å². The molecule has 1 aliphatic rings. The lowest BCUT2D eigenvalue weighted by Gasteiger charge is -2.12. The summed E-state index contributed by atoms with van der Waals surface area (Å²) >= 11 is 1.81. The zero-order valence-corrected chi connectivity index (χ0v) is 13.1. The van der Waals surface area contributed by atoms with Crippen molar-refractivity contribution in [1.82, 2.24) is 14.8 Å². The molecule has 0 saturated carbocycles. The van der Waals surface area contributed by atoms with Gasteiger partial charge in [0.2, 0.25) is 0 Å². The Labute approximate surface area is 129 Å². The van der Waals surface area contributed by atoms with E-state index in [1.165, 1.54) is 11.1 Å². The number of aliphatic hydroxyl groups is 1. The van der Waals surface area contributed by atoms with Gasteiger partial charge in [-0.3, -0.25) is 0 Å². The van der Waals surface area contributed by atoms with E-state index in [4.69, 9.17) is 4.98 Å². The predicted octanol–water partition coefficient (Wildman–Crippen LogP) is 2.25. The summed E-state index contributed by atoms with van der Waals surface area (Å²) in [5.74, 6) is 3.27. The Morgan fingerprint density at radius 3 is 3.05 bits per heavy atom. The Balaban J connectivity index is 1.92. The average Bonchev–Trinajstić information content (AvgIpc) is 3.09. The molecule has 21 heavy (non-hydrogen) atoms. The highest BCUT2D eigenvalue weighted by atomic mass is 32.2. The van der Waals surface area contributed by atoms with Crippen molar-refractivity contribution in [2.75, 3.05) is 18.6 Å². The molecular formula is C16H21N3OS. The van der Waals surface area contributed by atoms with Crippen molar-refractivity contribution in [3.63, 3.8) is 0 Å². The van der Waals surface area contributed by atoms with Crippen molar-refractivity contribution in [3.05, 3.63) is 47.0 Å². The molecule has 3 rings (SSSR count). The minimum atomic E-state index is 0.104. The minimum Gasteiger partial charge on any atom is -0.394 e. The molecule has 1 aromatic heterocycles. The highest BCUT2D eigenvalue weighted by molar-refractivity contribution is 7.98. The number of rotatable bonds is 6. The van der Waals surface area contributed by atoms with Crippen LogP contribution >= 0.6 is 11.8 Å². The third-order valence-corrected chi connectivity index (χ3v) is 4.64. The Hall–Kier alpha value is -1.33. The van der Waals surface area contributed by atoms with Gasteiger partial charge in [-0.05, 0) is 30.2 Å². The monoisotopic (exact) mass is 303 g/mol. The van der Waals surface area contributed by atoms with Crippen molar-refractivity contribution in [2.24, 2.45) is 0 Å². The third-order valence-electron chi connectivity index (χ3n) is 4.03. The largest absolute Gasteiger partial charge is 0.394 e. The van der Waals surface area contributed by atoms with Crippen LogP contribution in [0.2, 0.25) is 0 Å². The molecule has 1 aromatic carbocycles. The number of hydrogen-bond donors (Lipinski definition) is 1. The number of hydrogen-bond acceptors (Lipinski definition) is 4. The van der Waals surface area contributed by atoms with Crippen molar-refractivity contribution < 1.29 is 5.11 Å². The maximum Gasteiger partial charge on any atom is 0.151 e. The highest BCUT2D eigenvalue weighted by Gasteiger charge is 2.28. The maximum absolute atomic E-state index is 9.27. The summed E-state index contributed by atoms with van der Waals surface area (Å²) in [5.41, 5.74) is 2.80. The number of benzene rings is 1. The summed E-state index contributed by atoms with van der Waals surface area (Å²) in [7, 11) is 0. The average molecular weight is 303 g/mol. The molecule has 4 nitrogen and oxygen atoms in total. The summed E-state index contributed by atoms with van der Waals surface area (Å²) < 4.78 is 1.91. The second-order valence-corrected chi connectivity index (χ2v) is 6.35. The van der Waals surface area contributed by atoms with Crippen LogP contribution in [-0.4, -0.2) is 38.5 Å². The minimum absolute atomic E-state index is 0.104. The zero-order valence-electron chi connectivity index (χ0n) is 12.3. The zero-order chi connectivity index (χ0) is 14.7. The lowest BCUT2D eigenvalue weighted by atomic mass is 10.0. The fourth-order valence-electron chi connectivity index (χ4n) is 3.04. The molecule has 5 heteroatoms. The molecule has 112 valence electrons. The summed E-state index contributed by atoms with van der Waals surface area (Å²) in [6, 6.07) is 8.60. The summed E-state index contributed by atoms with van der Waals surface area (Å²) in [6.45, 7) is 0.632. The second kappa shape index (κ2) is 6.62. The molecule has 0 fully saturated rings. The Kier molecular flexibility index (Phi) is 4.60. The van der Waals surface area contributed by atoms with Gasteiger partial charge in [0.1, 0.15) is 5.82 Å². The van der Waals surface area contributed by atoms with Crippen LogP contribution in [0.4, 0.5) is 0 Å². The van der Waals surface area contributed by atoms with Gasteiger partial charge in [-0.1, -0.05) is 24.3 Å². The van der Waals surface area contributed by atoms with Gasteiger partial charge in [0.25, 0.3) is 0 Å². The molecule has 0 aliphatic heterocycles. The Bertz CT molecular complexity index is 611. The fourth-order valence-corrected chi connectivity index (χ4v) is 3.43. The van der Waals surface area contributed by atoms with E-state index in [1.54, 1.807) is 0 Å². The molecule has 1 atom stereocenters. The van der Waals surface area contributed by atoms with Gasteiger partial charge < -0.3 is 5.11 Å². The Morgan fingerprint density at radius 1 is 1.38 bits per heavy atom. The summed E-state index contributed by atoms with van der Waals surface area (Å²) in [5, 5.41) is 13.9. The molecule has 0 radical (unpaired) electrons. The first-order chi connectivity index (χ1) is 10.3. The van der Waals surface area contributed by atoms with Crippen LogP contribution in [0, 0.1) is 0 Å². The topological polar surface area (TPSA) is 50.9 Å². The standard InChI is InChI=1S/C16H21N3OS/c1-21-11-8-15-17-16(19(18-15)9-10-20)14-7-6-12-4-2-3-5-13(12)14/h2-5,14,20H,6-11H2,1H3. The van der Waals surface area contributed by atoms with Gasteiger partial charge in [-0.15, -0.1) is 0 Å². The molecule has 1 aliphatic carbocycles. The highest BCUT2D eigenvalue weighted by Crippen LogP contribution is 2.37. The number of fused-ring (bicyclic) bond motifs is 1. The lowest BCUT2D eigenvalue weighted by molar-refractivity contribution is 0.266. The van der Waals surface area contributed by atoms with E-state index in [0.717, 1.165) is 36.7 Å². The van der Waals surface area contributed by atoms with Crippen molar-refractivity contribution >= 4 is 11.8 Å². The van der Waals surface area contributed by atoms with Gasteiger partial charge in [0.05, 0.1) is 13.2 Å². The van der Waals surface area contributed by atoms with Crippen LogP contribution in [0.1, 0.15) is 35.1 Å². The van der Waals surface area contributed by atoms with E-state index in [1.807, 2.05) is 16.4 Å². The second-order valence-electron chi connectivity index (χ2n) is 5.37. The first-order valence-electron chi connectivity index (χ1n) is 7.44. The number of aryl methyl sites for hydroxylation is 2. The molecule has 0 saturated heterocycles. The predicted molar refractivity (Wildman–Crippen MR) is 85.8 cm³/mol. The van der Waals surface area contributed by atoms with Gasteiger partial charge in [0, 0.05) is 18.1 Å². The molecule has 1 unspecified atom stereocenters. The number of aliphatic hydroxyl groups excluding tert-OH is 1. The normalized spacial score (nSPS) is 17.1. The van der Waals surface area contributed by atoms with Crippen LogP contribution in [0.25, 0.3) is 0 Å². The van der Waals surface area contributed by atoms with E-state index < -0.39 is 0 Å². The first-order valence-corrected chi connectivity index (χ1v) is 8.84. The molecule has 1 N–H and O–H groups in total. The van der Waals surface area contributed by atoms with Crippen LogP contribution in [0.3, 0.4) is 0 Å². The lowest BCUT2D eigenvalue weighted by Crippen LogP contribution is -2.12. The third kappa shape index (κ3) is 2.99. The molecule has 0 amide bonds. The van der Waals surface area contributed by atoms with Crippen molar-refractivity contribution in [3.8, 4) is 0 Å². The maximum atomic E-state index is 9.27. The van der Waals surface area contributed by atoms with Gasteiger partial charge >= 0.3 is 0 Å². The molecule has 1 heterocycles. The van der Waals surface area contributed by atoms with E-state index in [2.05, 4.69) is 35.6 Å². The van der Waals surface area contributed by atoms with Crippen LogP contribution in [-0.2, 0) is 19.4 Å². The van der Waals surface area contributed by atoms with Crippen LogP contribution in [0.5, 0.6) is 0 Å². The molecule has 0 bridgehead atoms. The number of thioether (sulfide) groups is 1. The number of nitrogens with zero attached hydrogens (tertiary/aromatic N) is 3. The van der Waals surface area contributed by atoms with Gasteiger partial charge in [-0.2, -0.15) is 16.9 Å². The van der Waals surface area contributed by atoms with E-state index in [9.17, 15) is 5.11 Å². The number of aromatic nitrogens is 3. The quantitative estimate of drug-likeness (QED) is 0.889.